The molecule has 0 N–H and O–H groups in total. The maximum atomic E-state index is 12.2. The first-order chi connectivity index (χ1) is 5.52. The first-order valence-corrected chi connectivity index (χ1v) is 4.65. The molecular weight excluding hydrogens is 322 g/mol. The number of rotatable bonds is 1. The zero-order valence-electron chi connectivity index (χ0n) is 5.49. The van der Waals surface area contributed by atoms with Crippen LogP contribution in [0.1, 0.15) is 12.0 Å². The predicted molar refractivity (Wildman–Crippen MR) is 51.9 cm³/mol. The quantitative estimate of drug-likeness (QED) is 0.563. The Morgan fingerprint density at radius 2 is 2.00 bits per heavy atom. The Labute approximate surface area is 91.2 Å². The molecular formula is C6H2Cl2F2IN. The lowest BCUT2D eigenvalue weighted by atomic mass is 10.3. The number of hydrogen-bond donors (Lipinski definition) is 0. The lowest BCUT2D eigenvalue weighted by Crippen LogP contribution is -1.94. The largest absolute Gasteiger partial charge is 0.267 e. The van der Waals surface area contributed by atoms with Crippen molar-refractivity contribution in [2.24, 2.45) is 0 Å². The van der Waals surface area contributed by atoms with Crippen LogP contribution in [0.15, 0.2) is 6.07 Å². The van der Waals surface area contributed by atoms with Crippen molar-refractivity contribution < 1.29 is 8.78 Å². The van der Waals surface area contributed by atoms with Gasteiger partial charge in [0.2, 0.25) is 0 Å². The summed E-state index contributed by atoms with van der Waals surface area (Å²) in [5.74, 6) is 0. The molecule has 1 nitrogen and oxygen atoms in total. The molecule has 0 aromatic carbocycles. The Hall–Kier alpha value is 0.320. The van der Waals surface area contributed by atoms with E-state index in [0.29, 0.717) is 0 Å². The minimum absolute atomic E-state index is 0.0469. The van der Waals surface area contributed by atoms with Gasteiger partial charge < -0.3 is 0 Å². The monoisotopic (exact) mass is 323 g/mol. The van der Waals surface area contributed by atoms with Gasteiger partial charge in [-0.2, -0.15) is 0 Å². The van der Waals surface area contributed by atoms with E-state index >= 15 is 0 Å². The lowest BCUT2D eigenvalue weighted by molar-refractivity contribution is 0.150. The Morgan fingerprint density at radius 3 is 2.42 bits per heavy atom. The van der Waals surface area contributed by atoms with E-state index in [9.17, 15) is 8.78 Å². The topological polar surface area (TPSA) is 12.9 Å². The van der Waals surface area contributed by atoms with Crippen molar-refractivity contribution >= 4 is 45.8 Å². The third-order valence-electron chi connectivity index (χ3n) is 1.15. The van der Waals surface area contributed by atoms with E-state index in [1.54, 1.807) is 22.6 Å². The van der Waals surface area contributed by atoms with Gasteiger partial charge in [-0.25, -0.2) is 13.8 Å². The molecule has 0 aliphatic heterocycles. The Kier molecular flexibility index (Phi) is 3.48. The second-order valence-electron chi connectivity index (χ2n) is 1.93. The first-order valence-electron chi connectivity index (χ1n) is 2.82. The Bertz CT molecular complexity index is 283. The summed E-state index contributed by atoms with van der Waals surface area (Å²) in [6.45, 7) is 0. The highest BCUT2D eigenvalue weighted by Gasteiger charge is 2.17. The van der Waals surface area contributed by atoms with Crippen LogP contribution in [-0.2, 0) is 0 Å². The molecule has 0 unspecified atom stereocenters. The van der Waals surface area contributed by atoms with Crippen LogP contribution in [0.4, 0.5) is 8.78 Å². The van der Waals surface area contributed by atoms with E-state index in [1.807, 2.05) is 0 Å². The van der Waals surface area contributed by atoms with Crippen molar-refractivity contribution in [2.75, 3.05) is 0 Å². The third-order valence-corrected chi connectivity index (χ3v) is 2.48. The van der Waals surface area contributed by atoms with E-state index in [1.165, 1.54) is 6.07 Å². The number of nitrogens with zero attached hydrogens (tertiary/aromatic N) is 1. The summed E-state index contributed by atoms with van der Waals surface area (Å²) in [7, 11) is 0. The highest BCUT2D eigenvalue weighted by molar-refractivity contribution is 14.1. The van der Waals surface area contributed by atoms with Gasteiger partial charge in [0.15, 0.2) is 0 Å². The van der Waals surface area contributed by atoms with Gasteiger partial charge in [-0.3, -0.25) is 0 Å². The summed E-state index contributed by atoms with van der Waals surface area (Å²) in [5, 5.41) is 0.0724. The maximum absolute atomic E-state index is 12.2. The van der Waals surface area contributed by atoms with Crippen molar-refractivity contribution in [1.82, 2.24) is 4.98 Å². The predicted octanol–water partition coefficient (Wildman–Crippen LogP) is 3.93. The summed E-state index contributed by atoms with van der Waals surface area (Å²) in [4.78, 5) is 3.64. The van der Waals surface area contributed by atoms with Gasteiger partial charge in [-0.15, -0.1) is 0 Å². The number of hydrogen-bond acceptors (Lipinski definition) is 1. The molecule has 0 aliphatic carbocycles. The molecule has 0 saturated heterocycles. The molecule has 0 amide bonds. The van der Waals surface area contributed by atoms with E-state index < -0.39 is 6.43 Å². The zero-order chi connectivity index (χ0) is 9.30. The molecule has 66 valence electrons. The van der Waals surface area contributed by atoms with Crippen molar-refractivity contribution in [2.45, 2.75) is 6.43 Å². The van der Waals surface area contributed by atoms with Crippen molar-refractivity contribution in [1.29, 1.82) is 0 Å². The average molecular weight is 324 g/mol. The van der Waals surface area contributed by atoms with E-state index in [2.05, 4.69) is 4.98 Å². The zero-order valence-corrected chi connectivity index (χ0v) is 9.16. The van der Waals surface area contributed by atoms with E-state index in [0.717, 1.165) is 0 Å². The fourth-order valence-corrected chi connectivity index (χ4v) is 2.27. The minimum Gasteiger partial charge on any atom is -0.230 e. The summed E-state index contributed by atoms with van der Waals surface area (Å²) in [6, 6.07) is 1.20. The minimum atomic E-state index is -2.62. The fourth-order valence-electron chi connectivity index (χ4n) is 0.661. The molecule has 0 spiro atoms. The van der Waals surface area contributed by atoms with Crippen LogP contribution < -0.4 is 0 Å². The molecule has 1 rings (SSSR count). The van der Waals surface area contributed by atoms with Gasteiger partial charge in [-0.1, -0.05) is 23.2 Å². The summed E-state index contributed by atoms with van der Waals surface area (Å²) in [5.41, 5.74) is -0.262. The maximum Gasteiger partial charge on any atom is 0.267 e. The molecule has 6 heteroatoms. The average Bonchev–Trinajstić information content (AvgIpc) is 1.82. The van der Waals surface area contributed by atoms with Gasteiger partial charge in [-0.05, 0) is 28.7 Å². The van der Waals surface area contributed by atoms with Crippen LogP contribution in [0.2, 0.25) is 10.2 Å². The fraction of sp³-hybridized carbons (Fsp3) is 0.167. The van der Waals surface area contributed by atoms with Crippen LogP contribution in [-0.4, -0.2) is 4.98 Å². The highest BCUT2D eigenvalue weighted by atomic mass is 127. The van der Waals surface area contributed by atoms with Gasteiger partial charge in [0.05, 0.1) is 10.6 Å². The molecule has 1 aromatic rings. The first kappa shape index (κ1) is 10.4. The Morgan fingerprint density at radius 1 is 1.42 bits per heavy atom. The molecule has 0 fully saturated rings. The van der Waals surface area contributed by atoms with Crippen LogP contribution in [0.3, 0.4) is 0 Å². The molecule has 1 heterocycles. The van der Waals surface area contributed by atoms with Gasteiger partial charge in [0.25, 0.3) is 6.43 Å². The van der Waals surface area contributed by atoms with Crippen LogP contribution >= 0.6 is 45.8 Å². The molecule has 0 atom stereocenters. The van der Waals surface area contributed by atoms with Gasteiger partial charge in [0.1, 0.15) is 8.85 Å². The summed E-state index contributed by atoms with van der Waals surface area (Å²) >= 11 is 12.7. The number of aromatic nitrogens is 1. The smallest absolute Gasteiger partial charge is 0.230 e. The van der Waals surface area contributed by atoms with Crippen LogP contribution in [0, 0.1) is 3.70 Å². The van der Waals surface area contributed by atoms with Gasteiger partial charge >= 0.3 is 0 Å². The highest BCUT2D eigenvalue weighted by Crippen LogP contribution is 2.31. The van der Waals surface area contributed by atoms with E-state index in [4.69, 9.17) is 23.2 Å². The number of alkyl halides is 2. The van der Waals surface area contributed by atoms with Crippen LogP contribution in [0.25, 0.3) is 0 Å². The third kappa shape index (κ3) is 2.17. The molecule has 0 bridgehead atoms. The lowest BCUT2D eigenvalue weighted by Gasteiger charge is -2.04. The normalized spacial score (nSPS) is 10.8. The second-order valence-corrected chi connectivity index (χ2v) is 3.75. The molecule has 0 aliphatic rings. The van der Waals surface area contributed by atoms with Crippen molar-refractivity contribution in [3.63, 3.8) is 0 Å². The number of pyridine rings is 1. The molecule has 12 heavy (non-hydrogen) atoms. The molecule has 0 radical (unpaired) electrons. The summed E-state index contributed by atoms with van der Waals surface area (Å²) < 4.78 is 24.6. The number of halogens is 5. The Balaban J connectivity index is 3.28. The summed E-state index contributed by atoms with van der Waals surface area (Å²) in [6.07, 6.45) is -2.62. The SMILES string of the molecule is FC(F)c1c(Cl)cc(Cl)nc1I. The standard InChI is InChI=1S/C6H2Cl2F2IN/c7-2-1-3(8)12-6(11)4(2)5(9)10/h1,5H. The van der Waals surface area contributed by atoms with Gasteiger partial charge in [0, 0.05) is 0 Å². The molecule has 0 saturated carbocycles. The second kappa shape index (κ2) is 4.02. The van der Waals surface area contributed by atoms with Crippen LogP contribution in [0.5, 0.6) is 0 Å². The van der Waals surface area contributed by atoms with Crippen molar-refractivity contribution in [3.8, 4) is 0 Å². The van der Waals surface area contributed by atoms with E-state index in [-0.39, 0.29) is 19.4 Å². The molecule has 1 aromatic heterocycles. The van der Waals surface area contributed by atoms with Crippen molar-refractivity contribution in [3.05, 3.63) is 25.5 Å².